The Morgan fingerprint density at radius 3 is 2.53 bits per heavy atom. The first-order chi connectivity index (χ1) is 8.73. The molecule has 0 aliphatic rings. The Hall–Kier alpha value is -1.75. The van der Waals surface area contributed by atoms with Crippen LogP contribution in [-0.4, -0.2) is 24.7 Å². The minimum absolute atomic E-state index is 0.237. The number of amides is 1. The van der Waals surface area contributed by atoms with Crippen molar-refractivity contribution in [3.8, 4) is 5.75 Å². The lowest BCUT2D eigenvalue weighted by molar-refractivity contribution is -0.135. The monoisotopic (exact) mass is 266 g/mol. The average molecular weight is 266 g/mol. The average Bonchev–Trinajstić information content (AvgIpc) is 2.27. The summed E-state index contributed by atoms with van der Waals surface area (Å²) in [5.74, 6) is 0.323. The van der Waals surface area contributed by atoms with Gasteiger partial charge in [0, 0.05) is 5.69 Å². The van der Waals surface area contributed by atoms with E-state index in [-0.39, 0.29) is 11.5 Å². The van der Waals surface area contributed by atoms with Crippen molar-refractivity contribution < 1.29 is 14.3 Å². The van der Waals surface area contributed by atoms with Crippen LogP contribution in [0.4, 0.5) is 11.4 Å². The number of nitrogens with two attached hydrogens (primary N) is 1. The summed E-state index contributed by atoms with van der Waals surface area (Å²) in [4.78, 5) is 12.0. The van der Waals surface area contributed by atoms with Gasteiger partial charge in [-0.15, -0.1) is 0 Å². The highest BCUT2D eigenvalue weighted by Crippen LogP contribution is 2.26. The summed E-state index contributed by atoms with van der Waals surface area (Å²) >= 11 is 0. The Kier molecular flexibility index (Phi) is 4.78. The van der Waals surface area contributed by atoms with Crippen LogP contribution in [0.15, 0.2) is 18.2 Å². The van der Waals surface area contributed by atoms with Gasteiger partial charge in [-0.2, -0.15) is 0 Å². The van der Waals surface area contributed by atoms with Gasteiger partial charge in [0.2, 0.25) is 0 Å². The summed E-state index contributed by atoms with van der Waals surface area (Å²) in [5.41, 5.74) is 6.41. The van der Waals surface area contributed by atoms with E-state index in [0.717, 1.165) is 0 Å². The minimum atomic E-state index is -0.564. The zero-order valence-corrected chi connectivity index (χ0v) is 12.1. The van der Waals surface area contributed by atoms with Gasteiger partial charge in [0.1, 0.15) is 11.9 Å². The number of carbonyl (C=O) groups is 1. The number of ether oxygens (including phenoxy) is 2. The molecule has 1 aromatic carbocycles. The van der Waals surface area contributed by atoms with Crippen molar-refractivity contribution in [1.29, 1.82) is 0 Å². The van der Waals surface area contributed by atoms with Crippen LogP contribution < -0.4 is 15.8 Å². The van der Waals surface area contributed by atoms with Crippen LogP contribution in [0.5, 0.6) is 5.75 Å². The standard InChI is InChI=1S/C14H22N2O3/c1-9(19-14(2,3)4)13(17)16-11-8-10(15)6-7-12(11)18-5/h6-9H,15H2,1-5H3,(H,16,17). The molecule has 1 atom stereocenters. The molecule has 0 saturated carbocycles. The fourth-order valence-electron chi connectivity index (χ4n) is 1.64. The number of methoxy groups -OCH3 is 1. The third-order valence-electron chi connectivity index (χ3n) is 2.38. The summed E-state index contributed by atoms with van der Waals surface area (Å²) < 4.78 is 10.8. The van der Waals surface area contributed by atoms with Crippen LogP contribution in [-0.2, 0) is 9.53 Å². The van der Waals surface area contributed by atoms with Crippen LogP contribution in [0.3, 0.4) is 0 Å². The molecule has 1 rings (SSSR count). The Morgan fingerprint density at radius 1 is 1.37 bits per heavy atom. The SMILES string of the molecule is COc1ccc(N)cc1NC(=O)C(C)OC(C)(C)C. The number of benzene rings is 1. The fourth-order valence-corrected chi connectivity index (χ4v) is 1.64. The third kappa shape index (κ3) is 4.79. The number of anilines is 2. The fraction of sp³-hybridized carbons (Fsp3) is 0.500. The van der Waals surface area contributed by atoms with E-state index in [1.165, 1.54) is 7.11 Å². The van der Waals surface area contributed by atoms with Gasteiger partial charge in [-0.05, 0) is 45.9 Å². The molecule has 0 radical (unpaired) electrons. The Bertz CT molecular complexity index is 452. The molecule has 1 unspecified atom stereocenters. The smallest absolute Gasteiger partial charge is 0.253 e. The lowest BCUT2D eigenvalue weighted by Crippen LogP contribution is -2.34. The van der Waals surface area contributed by atoms with E-state index in [1.807, 2.05) is 20.8 Å². The molecule has 5 heteroatoms. The van der Waals surface area contributed by atoms with Gasteiger partial charge in [-0.3, -0.25) is 4.79 Å². The molecule has 0 fully saturated rings. The minimum Gasteiger partial charge on any atom is -0.495 e. The van der Waals surface area contributed by atoms with Crippen LogP contribution in [0.2, 0.25) is 0 Å². The molecule has 5 nitrogen and oxygen atoms in total. The van der Waals surface area contributed by atoms with Crippen LogP contribution >= 0.6 is 0 Å². The van der Waals surface area contributed by atoms with Crippen molar-refractivity contribution in [2.45, 2.75) is 39.4 Å². The van der Waals surface area contributed by atoms with E-state index < -0.39 is 6.10 Å². The molecule has 0 aromatic heterocycles. The van der Waals surface area contributed by atoms with Gasteiger partial charge in [0.15, 0.2) is 0 Å². The largest absolute Gasteiger partial charge is 0.495 e. The van der Waals surface area contributed by atoms with E-state index in [9.17, 15) is 4.79 Å². The Balaban J connectivity index is 2.79. The van der Waals surface area contributed by atoms with E-state index >= 15 is 0 Å². The molecule has 1 amide bonds. The second kappa shape index (κ2) is 5.93. The van der Waals surface area contributed by atoms with Crippen molar-refractivity contribution in [2.75, 3.05) is 18.2 Å². The molecule has 3 N–H and O–H groups in total. The van der Waals surface area contributed by atoms with E-state index in [4.69, 9.17) is 15.2 Å². The summed E-state index contributed by atoms with van der Waals surface area (Å²) in [6.07, 6.45) is -0.564. The first-order valence-electron chi connectivity index (χ1n) is 6.15. The highest BCUT2D eigenvalue weighted by Gasteiger charge is 2.21. The summed E-state index contributed by atoms with van der Waals surface area (Å²) in [7, 11) is 1.54. The van der Waals surface area contributed by atoms with Crippen molar-refractivity contribution in [2.24, 2.45) is 0 Å². The second-order valence-electron chi connectivity index (χ2n) is 5.32. The molecule has 0 aliphatic carbocycles. The maximum Gasteiger partial charge on any atom is 0.253 e. The summed E-state index contributed by atoms with van der Waals surface area (Å²) in [6.45, 7) is 7.41. The maximum atomic E-state index is 12.0. The number of rotatable bonds is 4. The van der Waals surface area contributed by atoms with Crippen LogP contribution in [0, 0.1) is 0 Å². The van der Waals surface area contributed by atoms with Gasteiger partial charge in [0.25, 0.3) is 5.91 Å². The second-order valence-corrected chi connectivity index (χ2v) is 5.32. The topological polar surface area (TPSA) is 73.6 Å². The lowest BCUT2D eigenvalue weighted by atomic mass is 10.2. The lowest BCUT2D eigenvalue weighted by Gasteiger charge is -2.24. The molecule has 0 saturated heterocycles. The molecule has 0 heterocycles. The van der Waals surface area contributed by atoms with Crippen LogP contribution in [0.1, 0.15) is 27.7 Å². The Labute approximate surface area is 114 Å². The normalized spacial score (nSPS) is 12.9. The van der Waals surface area contributed by atoms with E-state index in [0.29, 0.717) is 17.1 Å². The van der Waals surface area contributed by atoms with E-state index in [2.05, 4.69) is 5.32 Å². The summed E-state index contributed by atoms with van der Waals surface area (Å²) in [6, 6.07) is 5.07. The molecule has 19 heavy (non-hydrogen) atoms. The molecule has 0 aliphatic heterocycles. The van der Waals surface area contributed by atoms with Crippen molar-refractivity contribution >= 4 is 17.3 Å². The molecular weight excluding hydrogens is 244 g/mol. The first-order valence-corrected chi connectivity index (χ1v) is 6.15. The molecular formula is C14H22N2O3. The highest BCUT2D eigenvalue weighted by atomic mass is 16.5. The molecule has 0 spiro atoms. The predicted molar refractivity (Wildman–Crippen MR) is 76.3 cm³/mol. The number of carbonyl (C=O) groups excluding carboxylic acids is 1. The molecule has 0 bridgehead atoms. The van der Waals surface area contributed by atoms with Gasteiger partial charge < -0.3 is 20.5 Å². The zero-order valence-electron chi connectivity index (χ0n) is 12.1. The molecule has 106 valence electrons. The summed E-state index contributed by atoms with van der Waals surface area (Å²) in [5, 5.41) is 2.76. The first kappa shape index (κ1) is 15.3. The van der Waals surface area contributed by atoms with Crippen molar-refractivity contribution in [3.63, 3.8) is 0 Å². The van der Waals surface area contributed by atoms with Crippen molar-refractivity contribution in [3.05, 3.63) is 18.2 Å². The number of nitrogen functional groups attached to an aromatic ring is 1. The van der Waals surface area contributed by atoms with E-state index in [1.54, 1.807) is 25.1 Å². The third-order valence-corrected chi connectivity index (χ3v) is 2.38. The maximum absolute atomic E-state index is 12.0. The van der Waals surface area contributed by atoms with Gasteiger partial charge in [0.05, 0.1) is 18.4 Å². The molecule has 1 aromatic rings. The number of hydrogen-bond acceptors (Lipinski definition) is 4. The number of nitrogens with one attached hydrogen (secondary N) is 1. The van der Waals surface area contributed by atoms with Crippen LogP contribution in [0.25, 0.3) is 0 Å². The Morgan fingerprint density at radius 2 is 2.00 bits per heavy atom. The predicted octanol–water partition coefficient (Wildman–Crippen LogP) is 2.42. The highest BCUT2D eigenvalue weighted by molar-refractivity contribution is 5.95. The van der Waals surface area contributed by atoms with Gasteiger partial charge in [-0.25, -0.2) is 0 Å². The van der Waals surface area contributed by atoms with Gasteiger partial charge >= 0.3 is 0 Å². The number of hydrogen-bond donors (Lipinski definition) is 2. The quantitative estimate of drug-likeness (QED) is 0.821. The van der Waals surface area contributed by atoms with Crippen molar-refractivity contribution in [1.82, 2.24) is 0 Å². The van der Waals surface area contributed by atoms with Gasteiger partial charge in [-0.1, -0.05) is 0 Å². The zero-order chi connectivity index (χ0) is 14.6.